The molecule has 0 aliphatic carbocycles. The fraction of sp³-hybridized carbons (Fsp3) is 0.143. The van der Waals surface area contributed by atoms with Gasteiger partial charge in [0.25, 0.3) is 5.56 Å². The molecule has 1 aromatic carbocycles. The highest BCUT2D eigenvalue weighted by Crippen LogP contribution is 2.29. The van der Waals surface area contributed by atoms with Gasteiger partial charge in [0.15, 0.2) is 11.1 Å². The van der Waals surface area contributed by atoms with Crippen molar-refractivity contribution >= 4 is 11.1 Å². The second-order valence-corrected chi connectivity index (χ2v) is 4.70. The quantitative estimate of drug-likeness (QED) is 0.790. The van der Waals surface area contributed by atoms with Crippen molar-refractivity contribution in [3.8, 4) is 0 Å². The summed E-state index contributed by atoms with van der Waals surface area (Å²) in [6.45, 7) is 0.0835. The maximum atomic E-state index is 12.5. The van der Waals surface area contributed by atoms with Crippen molar-refractivity contribution in [3.63, 3.8) is 0 Å². The van der Waals surface area contributed by atoms with E-state index < -0.39 is 23.1 Å². The molecule has 0 unspecified atom stereocenters. The lowest BCUT2D eigenvalue weighted by Gasteiger charge is -2.09. The van der Waals surface area contributed by atoms with E-state index in [4.69, 9.17) is 4.42 Å². The van der Waals surface area contributed by atoms with E-state index in [0.717, 1.165) is 12.1 Å². The summed E-state index contributed by atoms with van der Waals surface area (Å²) in [5, 5.41) is 0. The van der Waals surface area contributed by atoms with Crippen LogP contribution in [0.3, 0.4) is 0 Å². The predicted molar refractivity (Wildman–Crippen MR) is 71.6 cm³/mol. The van der Waals surface area contributed by atoms with Crippen molar-refractivity contribution in [2.24, 2.45) is 0 Å². The Morgan fingerprint density at radius 3 is 2.41 bits per heavy atom. The summed E-state index contributed by atoms with van der Waals surface area (Å²) >= 11 is 0. The smallest absolute Gasteiger partial charge is 0.408 e. The van der Waals surface area contributed by atoms with Gasteiger partial charge in [0.1, 0.15) is 0 Å². The van der Waals surface area contributed by atoms with E-state index in [-0.39, 0.29) is 17.6 Å². The molecule has 0 bridgehead atoms. The van der Waals surface area contributed by atoms with Gasteiger partial charge >= 0.3 is 11.9 Å². The number of fused-ring (bicyclic) bond motifs is 1. The van der Waals surface area contributed by atoms with Crippen molar-refractivity contribution in [2.75, 3.05) is 0 Å². The zero-order chi connectivity index (χ0) is 15.9. The topological polar surface area (TPSA) is 68.0 Å². The molecule has 3 rings (SSSR count). The lowest BCUT2D eigenvalue weighted by atomic mass is 10.1. The number of H-pyrrole nitrogens is 1. The van der Waals surface area contributed by atoms with Crippen molar-refractivity contribution in [1.29, 1.82) is 0 Å². The average molecular weight is 310 g/mol. The number of aromatic amines is 1. The second-order valence-electron chi connectivity index (χ2n) is 4.70. The maximum Gasteiger partial charge on any atom is 0.417 e. The van der Waals surface area contributed by atoms with Gasteiger partial charge in [0, 0.05) is 6.20 Å². The first-order valence-corrected chi connectivity index (χ1v) is 6.23. The summed E-state index contributed by atoms with van der Waals surface area (Å²) in [5.74, 6) is -0.737. The van der Waals surface area contributed by atoms with Crippen LogP contribution in [0.15, 0.2) is 50.5 Å². The van der Waals surface area contributed by atoms with Crippen molar-refractivity contribution in [1.82, 2.24) is 9.55 Å². The Morgan fingerprint density at radius 2 is 1.77 bits per heavy atom. The van der Waals surface area contributed by atoms with Gasteiger partial charge in [0.05, 0.1) is 12.1 Å². The molecule has 22 heavy (non-hydrogen) atoms. The number of hydrogen-bond donors (Lipinski definition) is 1. The third-order valence-electron chi connectivity index (χ3n) is 3.19. The van der Waals surface area contributed by atoms with E-state index in [0.29, 0.717) is 5.56 Å². The number of nitrogens with zero attached hydrogens (tertiary/aromatic N) is 1. The molecule has 0 saturated heterocycles. The third-order valence-corrected chi connectivity index (χ3v) is 3.19. The van der Waals surface area contributed by atoms with Crippen LogP contribution in [0.4, 0.5) is 13.2 Å². The zero-order valence-corrected chi connectivity index (χ0v) is 11.0. The Morgan fingerprint density at radius 1 is 1.09 bits per heavy atom. The molecule has 3 aromatic rings. The van der Waals surface area contributed by atoms with E-state index in [9.17, 15) is 22.8 Å². The average Bonchev–Trinajstić information content (AvgIpc) is 2.83. The van der Waals surface area contributed by atoms with Gasteiger partial charge in [-0.25, -0.2) is 4.79 Å². The van der Waals surface area contributed by atoms with Crippen LogP contribution in [0.25, 0.3) is 11.1 Å². The highest BCUT2D eigenvalue weighted by Gasteiger charge is 2.29. The lowest BCUT2D eigenvalue weighted by molar-refractivity contribution is -0.137. The maximum absolute atomic E-state index is 12.5. The number of nitrogens with one attached hydrogen (secondary N) is 1. The Kier molecular flexibility index (Phi) is 3.16. The standard InChI is InChI=1S/C14H9F3N2O3/c15-14(16,17)9-3-1-8(2-4-9)7-19-6-5-10-11(12(19)20)18-13(21)22-10/h1-6H,7H2,(H,18,21). The summed E-state index contributed by atoms with van der Waals surface area (Å²) in [4.78, 5) is 25.5. The molecule has 5 nitrogen and oxygen atoms in total. The van der Waals surface area contributed by atoms with Crippen LogP contribution >= 0.6 is 0 Å². The molecule has 0 radical (unpaired) electrons. The van der Waals surface area contributed by atoms with Crippen LogP contribution < -0.4 is 11.3 Å². The molecule has 0 spiro atoms. The molecule has 0 amide bonds. The largest absolute Gasteiger partial charge is 0.417 e. The molecular weight excluding hydrogens is 301 g/mol. The highest BCUT2D eigenvalue weighted by molar-refractivity contribution is 5.70. The number of aromatic nitrogens is 2. The number of hydrogen-bond acceptors (Lipinski definition) is 3. The minimum Gasteiger partial charge on any atom is -0.408 e. The minimum atomic E-state index is -4.40. The fourth-order valence-corrected chi connectivity index (χ4v) is 2.11. The molecule has 1 N–H and O–H groups in total. The molecule has 114 valence electrons. The SMILES string of the molecule is O=c1[nH]c2c(=O)n(Cc3ccc(C(F)(F)F)cc3)ccc2o1. The number of pyridine rings is 1. The van der Waals surface area contributed by atoms with Crippen LogP contribution in [0.1, 0.15) is 11.1 Å². The van der Waals surface area contributed by atoms with Crippen molar-refractivity contribution in [3.05, 3.63) is 68.6 Å². The summed E-state index contributed by atoms with van der Waals surface area (Å²) in [6.07, 6.45) is -2.98. The molecule has 0 aliphatic heterocycles. The molecule has 0 fully saturated rings. The summed E-state index contributed by atoms with van der Waals surface area (Å²) < 4.78 is 43.5. The first-order valence-electron chi connectivity index (χ1n) is 6.23. The van der Waals surface area contributed by atoms with E-state index >= 15 is 0 Å². The van der Waals surface area contributed by atoms with Gasteiger partial charge in [-0.2, -0.15) is 13.2 Å². The lowest BCUT2D eigenvalue weighted by Crippen LogP contribution is -2.20. The number of benzene rings is 1. The zero-order valence-electron chi connectivity index (χ0n) is 11.0. The van der Waals surface area contributed by atoms with Gasteiger partial charge in [-0.1, -0.05) is 12.1 Å². The van der Waals surface area contributed by atoms with Gasteiger partial charge in [-0.3, -0.25) is 9.78 Å². The molecule has 8 heteroatoms. The highest BCUT2D eigenvalue weighted by atomic mass is 19.4. The number of halogens is 3. The first-order chi connectivity index (χ1) is 10.3. The molecule has 0 aliphatic rings. The normalized spacial score (nSPS) is 12.0. The minimum absolute atomic E-state index is 0.0272. The van der Waals surface area contributed by atoms with E-state index in [2.05, 4.69) is 4.98 Å². The van der Waals surface area contributed by atoms with Crippen LogP contribution in [0.2, 0.25) is 0 Å². The number of oxazole rings is 1. The van der Waals surface area contributed by atoms with Crippen LogP contribution in [0, 0.1) is 0 Å². The van der Waals surface area contributed by atoms with Gasteiger partial charge < -0.3 is 8.98 Å². The Balaban J connectivity index is 1.95. The van der Waals surface area contributed by atoms with Crippen molar-refractivity contribution in [2.45, 2.75) is 12.7 Å². The number of rotatable bonds is 2. The Bertz CT molecular complexity index is 933. The monoisotopic (exact) mass is 310 g/mol. The molecule has 0 saturated carbocycles. The predicted octanol–water partition coefficient (Wildman–Crippen LogP) is 2.35. The van der Waals surface area contributed by atoms with Crippen molar-refractivity contribution < 1.29 is 17.6 Å². The van der Waals surface area contributed by atoms with Crippen LogP contribution in [0.5, 0.6) is 0 Å². The summed E-state index contributed by atoms with van der Waals surface area (Å²) in [7, 11) is 0. The van der Waals surface area contributed by atoms with Gasteiger partial charge in [0.2, 0.25) is 0 Å². The van der Waals surface area contributed by atoms with Crippen LogP contribution in [-0.2, 0) is 12.7 Å². The molecular formula is C14H9F3N2O3. The molecule has 2 aromatic heterocycles. The second kappa shape index (κ2) is 4.90. The Labute approximate surface area is 120 Å². The fourth-order valence-electron chi connectivity index (χ4n) is 2.11. The summed E-state index contributed by atoms with van der Waals surface area (Å²) in [6, 6.07) is 5.96. The molecule has 2 heterocycles. The Hall–Kier alpha value is -2.77. The van der Waals surface area contributed by atoms with E-state index in [1.54, 1.807) is 0 Å². The third kappa shape index (κ3) is 2.54. The van der Waals surface area contributed by atoms with Gasteiger partial charge in [-0.05, 0) is 23.8 Å². The van der Waals surface area contributed by atoms with Crippen LogP contribution in [-0.4, -0.2) is 9.55 Å². The summed E-state index contributed by atoms with van der Waals surface area (Å²) in [5.41, 5.74) is -0.542. The number of alkyl halides is 3. The van der Waals surface area contributed by atoms with E-state index in [1.165, 1.54) is 29.0 Å². The molecule has 0 atom stereocenters. The first kappa shape index (κ1) is 14.2. The van der Waals surface area contributed by atoms with Gasteiger partial charge in [-0.15, -0.1) is 0 Å². The van der Waals surface area contributed by atoms with E-state index in [1.807, 2.05) is 0 Å².